The Bertz CT molecular complexity index is 624. The van der Waals surface area contributed by atoms with Gasteiger partial charge in [0.1, 0.15) is 0 Å². The van der Waals surface area contributed by atoms with E-state index in [4.69, 9.17) is 0 Å². The Kier molecular flexibility index (Phi) is 4.87. The average molecular weight is 375 g/mol. The fourth-order valence-corrected chi connectivity index (χ4v) is 8.46. The molecule has 0 aromatic heterocycles. The van der Waals surface area contributed by atoms with Crippen LogP contribution < -0.4 is 15.9 Å². The largest absolute Gasteiger partial charge is 0.412 e. The van der Waals surface area contributed by atoms with E-state index >= 15 is 0 Å². The monoisotopic (exact) mass is 374 g/mol. The summed E-state index contributed by atoms with van der Waals surface area (Å²) in [5, 5.41) is 1.48. The van der Waals surface area contributed by atoms with Crippen molar-refractivity contribution in [2.24, 2.45) is 0 Å². The molecule has 0 saturated carbocycles. The maximum Gasteiger partial charge on any atom is -0.412 e. The molecule has 114 valence electrons. The fraction of sp³-hybridized carbons (Fsp3) is 0.0526. The van der Waals surface area contributed by atoms with E-state index in [-0.39, 0.29) is 5.48 Å². The van der Waals surface area contributed by atoms with Crippen LogP contribution >= 0.6 is 20.8 Å². The Morgan fingerprint density at radius 2 is 0.773 bits per heavy atom. The third-order valence-electron chi connectivity index (χ3n) is 4.11. The van der Waals surface area contributed by atoms with Crippen molar-refractivity contribution in [1.29, 1.82) is 0 Å². The number of benzene rings is 3. The van der Waals surface area contributed by atoms with Gasteiger partial charge in [0.2, 0.25) is 0 Å². The molecule has 3 aromatic carbocycles. The second kappa shape index (κ2) is 6.34. The zero-order chi connectivity index (χ0) is 14.8. The van der Waals surface area contributed by atoms with Gasteiger partial charge in [0.05, 0.1) is 0 Å². The van der Waals surface area contributed by atoms with E-state index in [0.717, 1.165) is 0 Å². The minimum atomic E-state index is -2.56. The zero-order valence-electron chi connectivity index (χ0n) is 12.5. The molecule has 1 nitrogen and oxygen atoms in total. The topological polar surface area (TPSA) is 31.5 Å². The molecular weight excluding hydrogens is 355 g/mol. The van der Waals surface area contributed by atoms with Crippen LogP contribution in [0.2, 0.25) is 0 Å². The molecule has 0 heterocycles. The summed E-state index contributed by atoms with van der Waals surface area (Å²) in [6, 6.07) is 32.3. The van der Waals surface area contributed by atoms with Crippen LogP contribution in [-0.4, -0.2) is 12.1 Å². The maximum absolute atomic E-state index is 4.24. The van der Waals surface area contributed by atoms with Gasteiger partial charge in [-0.3, -0.25) is 0 Å². The predicted molar refractivity (Wildman–Crippen MR) is 104 cm³/mol. The van der Waals surface area contributed by atoms with E-state index in [1.807, 2.05) is 0 Å². The summed E-state index contributed by atoms with van der Waals surface area (Å²) in [5.41, 5.74) is 0. The van der Waals surface area contributed by atoms with Crippen LogP contribution in [0.4, 0.5) is 0 Å². The SMILES string of the molecule is CP(Br)(c1ccccc1)(c1ccccc1)c1ccccc1.O. The van der Waals surface area contributed by atoms with Crippen molar-refractivity contribution < 1.29 is 5.48 Å². The Hall–Kier alpha value is -1.47. The summed E-state index contributed by atoms with van der Waals surface area (Å²) >= 11 is 4.24. The first-order valence-corrected chi connectivity index (χ1v) is 11.7. The molecule has 3 heteroatoms. The van der Waals surface area contributed by atoms with Crippen LogP contribution in [0, 0.1) is 0 Å². The molecule has 0 unspecified atom stereocenters. The molecule has 0 spiro atoms. The summed E-state index contributed by atoms with van der Waals surface area (Å²) in [4.78, 5) is 0. The standard InChI is InChI=1S/C19H18BrP.H2O/c1-21(20,17-11-5-2-6-12-17,18-13-7-3-8-14-18)19-15-9-4-10-16-19;/h2-16H,1H3;1H2. The van der Waals surface area contributed by atoms with Gasteiger partial charge in [0.15, 0.2) is 0 Å². The van der Waals surface area contributed by atoms with E-state index in [1.165, 1.54) is 15.9 Å². The van der Waals surface area contributed by atoms with Gasteiger partial charge in [-0.15, -0.1) is 0 Å². The van der Waals surface area contributed by atoms with Gasteiger partial charge in [0, 0.05) is 0 Å². The van der Waals surface area contributed by atoms with Crippen molar-refractivity contribution in [1.82, 2.24) is 0 Å². The molecule has 3 aromatic rings. The summed E-state index contributed by atoms with van der Waals surface area (Å²) in [6.07, 6.45) is 0. The van der Waals surface area contributed by atoms with Crippen LogP contribution in [0.3, 0.4) is 0 Å². The van der Waals surface area contributed by atoms with E-state index in [1.54, 1.807) is 0 Å². The minimum Gasteiger partial charge on any atom is -0.412 e. The van der Waals surface area contributed by atoms with Crippen molar-refractivity contribution >= 4 is 36.7 Å². The van der Waals surface area contributed by atoms with Crippen molar-refractivity contribution in [2.75, 3.05) is 6.66 Å². The van der Waals surface area contributed by atoms with E-state index in [9.17, 15) is 0 Å². The van der Waals surface area contributed by atoms with Gasteiger partial charge >= 0.3 is 134 Å². The van der Waals surface area contributed by atoms with Gasteiger partial charge in [-0.05, 0) is 0 Å². The smallest absolute Gasteiger partial charge is 0.412 e. The molecule has 0 aliphatic heterocycles. The third kappa shape index (κ3) is 2.63. The van der Waals surface area contributed by atoms with Crippen LogP contribution in [0.15, 0.2) is 91.0 Å². The van der Waals surface area contributed by atoms with Crippen molar-refractivity contribution in [3.05, 3.63) is 91.0 Å². The minimum absolute atomic E-state index is 0. The number of halogens is 1. The second-order valence-electron chi connectivity index (χ2n) is 5.44. The van der Waals surface area contributed by atoms with Crippen LogP contribution in [0.25, 0.3) is 0 Å². The Morgan fingerprint density at radius 1 is 0.545 bits per heavy atom. The van der Waals surface area contributed by atoms with Crippen molar-refractivity contribution in [3.8, 4) is 0 Å². The van der Waals surface area contributed by atoms with Crippen LogP contribution in [0.1, 0.15) is 0 Å². The predicted octanol–water partition coefficient (Wildman–Crippen LogP) is 3.63. The summed E-state index contributed by atoms with van der Waals surface area (Å²) in [5.74, 6) is 0. The molecule has 0 fully saturated rings. The first-order valence-electron chi connectivity index (χ1n) is 7.02. The molecule has 0 amide bonds. The molecule has 0 saturated heterocycles. The molecule has 0 aliphatic carbocycles. The van der Waals surface area contributed by atoms with Gasteiger partial charge in [-0.1, -0.05) is 0 Å². The molecule has 0 bridgehead atoms. The van der Waals surface area contributed by atoms with E-state index in [2.05, 4.69) is 113 Å². The maximum atomic E-state index is 4.24. The molecular formula is C19H20BrOP. The van der Waals surface area contributed by atoms with Gasteiger partial charge in [-0.25, -0.2) is 0 Å². The molecule has 3 rings (SSSR count). The summed E-state index contributed by atoms with van der Waals surface area (Å²) in [7, 11) is 0. The Labute approximate surface area is 140 Å². The Balaban J connectivity index is 0.00000176. The summed E-state index contributed by atoms with van der Waals surface area (Å²) < 4.78 is 0. The third-order valence-corrected chi connectivity index (χ3v) is 12.4. The van der Waals surface area contributed by atoms with Gasteiger partial charge < -0.3 is 5.48 Å². The van der Waals surface area contributed by atoms with Crippen LogP contribution in [0.5, 0.6) is 0 Å². The van der Waals surface area contributed by atoms with E-state index in [0.29, 0.717) is 0 Å². The number of hydrogen-bond acceptors (Lipinski definition) is 0. The fourth-order valence-electron chi connectivity index (χ4n) is 2.79. The first-order chi connectivity index (χ1) is 10.1. The van der Waals surface area contributed by atoms with Crippen molar-refractivity contribution in [3.63, 3.8) is 0 Å². The quantitative estimate of drug-likeness (QED) is 0.627. The number of rotatable bonds is 3. The molecule has 0 atom stereocenters. The van der Waals surface area contributed by atoms with Gasteiger partial charge in [-0.2, -0.15) is 0 Å². The van der Waals surface area contributed by atoms with E-state index < -0.39 is 5.31 Å². The second-order valence-corrected chi connectivity index (χ2v) is 15.2. The van der Waals surface area contributed by atoms with Crippen LogP contribution in [-0.2, 0) is 0 Å². The Morgan fingerprint density at radius 3 is 1.00 bits per heavy atom. The number of hydrogen-bond donors (Lipinski definition) is 0. The zero-order valence-corrected chi connectivity index (χ0v) is 15.0. The first kappa shape index (κ1) is 16.9. The van der Waals surface area contributed by atoms with Crippen molar-refractivity contribution in [2.45, 2.75) is 0 Å². The molecule has 0 aliphatic rings. The molecule has 22 heavy (non-hydrogen) atoms. The molecule has 0 radical (unpaired) electrons. The average Bonchev–Trinajstić information content (AvgIpc) is 2.57. The molecule has 2 N–H and O–H groups in total. The van der Waals surface area contributed by atoms with Gasteiger partial charge in [0.25, 0.3) is 0 Å². The summed E-state index contributed by atoms with van der Waals surface area (Å²) in [6.45, 7) is 2.37. The normalized spacial score (nSPS) is 12.7.